The second-order valence-electron chi connectivity index (χ2n) is 5.50. The Labute approximate surface area is 126 Å². The van der Waals surface area contributed by atoms with E-state index in [9.17, 15) is 14.7 Å². The summed E-state index contributed by atoms with van der Waals surface area (Å²) in [5, 5.41) is 10.7. The number of hydrogen-bond acceptors (Lipinski definition) is 5. The van der Waals surface area contributed by atoms with E-state index >= 15 is 0 Å². The summed E-state index contributed by atoms with van der Waals surface area (Å²) in [5.74, 6) is -1.08. The zero-order chi connectivity index (χ0) is 13.9. The summed E-state index contributed by atoms with van der Waals surface area (Å²) in [6, 6.07) is -0.620. The fourth-order valence-electron chi connectivity index (χ4n) is 1.77. The number of aliphatic carboxylic acids is 1. The summed E-state index contributed by atoms with van der Waals surface area (Å²) in [6.45, 7) is 9.05. The molecule has 0 aromatic rings. The van der Waals surface area contributed by atoms with Crippen molar-refractivity contribution in [1.29, 1.82) is 0 Å². The number of rotatable bonds is 2. The molecule has 19 heavy (non-hydrogen) atoms. The zero-order valence-corrected chi connectivity index (χ0v) is 12.4. The molecule has 1 heterocycles. The summed E-state index contributed by atoms with van der Waals surface area (Å²) in [5.41, 5.74) is -0.507. The minimum absolute atomic E-state index is 0. The zero-order valence-electron chi connectivity index (χ0n) is 12.4. The minimum atomic E-state index is -1.08. The second-order valence-corrected chi connectivity index (χ2v) is 5.50. The monoisotopic (exact) mass is 264 g/mol. The van der Waals surface area contributed by atoms with E-state index < -0.39 is 17.6 Å². The van der Waals surface area contributed by atoms with Crippen LogP contribution in [0.1, 0.15) is 27.7 Å². The molecule has 0 aromatic heterocycles. The first-order chi connectivity index (χ1) is 8.20. The van der Waals surface area contributed by atoms with E-state index in [2.05, 4.69) is 0 Å². The van der Waals surface area contributed by atoms with Crippen LogP contribution < -0.4 is 24.0 Å². The molecular formula is C12H21LiN2O4. The molecule has 1 aliphatic rings. The number of amides is 1. The third-order valence-corrected chi connectivity index (χ3v) is 2.85. The number of carboxylic acids is 1. The van der Waals surface area contributed by atoms with Gasteiger partial charge in [0.05, 0.1) is 5.97 Å². The van der Waals surface area contributed by atoms with Gasteiger partial charge in [-0.05, 0) is 27.7 Å². The van der Waals surface area contributed by atoms with E-state index in [1.807, 2.05) is 20.8 Å². The minimum Gasteiger partial charge on any atom is -0.548 e. The first-order valence-corrected chi connectivity index (χ1v) is 6.13. The molecule has 1 amide bonds. The van der Waals surface area contributed by atoms with Gasteiger partial charge in [0.1, 0.15) is 5.60 Å². The predicted molar refractivity (Wildman–Crippen MR) is 63.8 cm³/mol. The van der Waals surface area contributed by atoms with Crippen molar-refractivity contribution in [3.8, 4) is 0 Å². The van der Waals surface area contributed by atoms with Crippen molar-refractivity contribution < 1.29 is 38.3 Å². The Hall–Kier alpha value is -0.703. The molecule has 1 unspecified atom stereocenters. The van der Waals surface area contributed by atoms with Crippen molar-refractivity contribution in [2.45, 2.75) is 39.3 Å². The summed E-state index contributed by atoms with van der Waals surface area (Å²) in [7, 11) is 0. The third kappa shape index (κ3) is 5.85. The van der Waals surface area contributed by atoms with Crippen molar-refractivity contribution in [1.82, 2.24) is 9.80 Å². The molecule has 1 rings (SSSR count). The van der Waals surface area contributed by atoms with Crippen molar-refractivity contribution in [2.24, 2.45) is 0 Å². The topological polar surface area (TPSA) is 72.9 Å². The quantitative estimate of drug-likeness (QED) is 0.488. The number of piperazine rings is 1. The van der Waals surface area contributed by atoms with Gasteiger partial charge in [-0.3, -0.25) is 4.90 Å². The Morgan fingerprint density at radius 2 is 1.63 bits per heavy atom. The number of ether oxygens (including phenoxy) is 1. The van der Waals surface area contributed by atoms with Gasteiger partial charge in [0.25, 0.3) is 0 Å². The molecule has 0 radical (unpaired) electrons. The Morgan fingerprint density at radius 3 is 2.00 bits per heavy atom. The SMILES string of the molecule is CC(C(=O)[O-])N1CCN(C(=O)OC(C)(C)C)CC1.[Li+]. The van der Waals surface area contributed by atoms with Crippen LogP contribution in [0.15, 0.2) is 0 Å². The van der Waals surface area contributed by atoms with Crippen LogP contribution in [-0.2, 0) is 9.53 Å². The van der Waals surface area contributed by atoms with Crippen molar-refractivity contribution in [2.75, 3.05) is 26.2 Å². The Morgan fingerprint density at radius 1 is 1.16 bits per heavy atom. The average Bonchev–Trinajstić information content (AvgIpc) is 2.26. The van der Waals surface area contributed by atoms with Crippen LogP contribution in [0.4, 0.5) is 4.79 Å². The van der Waals surface area contributed by atoms with E-state index in [-0.39, 0.29) is 25.0 Å². The normalized spacial score (nSPS) is 18.4. The first-order valence-electron chi connectivity index (χ1n) is 6.13. The van der Waals surface area contributed by atoms with Crippen molar-refractivity contribution in [3.63, 3.8) is 0 Å². The maximum atomic E-state index is 11.8. The molecular weight excluding hydrogens is 243 g/mol. The Bertz CT molecular complexity index is 322. The van der Waals surface area contributed by atoms with E-state index in [1.165, 1.54) is 0 Å². The molecule has 0 spiro atoms. The fourth-order valence-corrected chi connectivity index (χ4v) is 1.77. The molecule has 0 bridgehead atoms. The van der Waals surface area contributed by atoms with Crippen LogP contribution in [0.5, 0.6) is 0 Å². The molecule has 104 valence electrons. The van der Waals surface area contributed by atoms with Gasteiger partial charge >= 0.3 is 25.0 Å². The van der Waals surface area contributed by atoms with Crippen molar-refractivity contribution >= 4 is 12.1 Å². The number of carbonyl (C=O) groups is 2. The summed E-state index contributed by atoms with van der Waals surface area (Å²) < 4.78 is 5.26. The van der Waals surface area contributed by atoms with E-state index in [4.69, 9.17) is 4.74 Å². The molecule has 7 heteroatoms. The molecule has 1 aliphatic heterocycles. The van der Waals surface area contributed by atoms with Gasteiger partial charge in [0.15, 0.2) is 0 Å². The molecule has 0 N–H and O–H groups in total. The fraction of sp³-hybridized carbons (Fsp3) is 0.833. The molecule has 1 fully saturated rings. The van der Waals surface area contributed by atoms with Gasteiger partial charge in [-0.2, -0.15) is 0 Å². The van der Waals surface area contributed by atoms with Crippen LogP contribution in [0.2, 0.25) is 0 Å². The van der Waals surface area contributed by atoms with Gasteiger partial charge in [-0.25, -0.2) is 4.79 Å². The molecule has 1 atom stereocenters. The van der Waals surface area contributed by atoms with Gasteiger partial charge in [-0.15, -0.1) is 0 Å². The Kier molecular flexibility index (Phi) is 6.91. The van der Waals surface area contributed by atoms with Crippen LogP contribution in [0.25, 0.3) is 0 Å². The van der Waals surface area contributed by atoms with Crippen molar-refractivity contribution in [3.05, 3.63) is 0 Å². The van der Waals surface area contributed by atoms with Crippen LogP contribution >= 0.6 is 0 Å². The van der Waals surface area contributed by atoms with Crippen LogP contribution in [0, 0.1) is 0 Å². The second kappa shape index (κ2) is 7.18. The van der Waals surface area contributed by atoms with Crippen LogP contribution in [0.3, 0.4) is 0 Å². The van der Waals surface area contributed by atoms with Crippen LogP contribution in [-0.4, -0.2) is 59.7 Å². The number of carboxylic acid groups (broad SMARTS) is 1. The van der Waals surface area contributed by atoms with E-state index in [1.54, 1.807) is 16.7 Å². The number of nitrogens with zero attached hydrogens (tertiary/aromatic N) is 2. The Balaban J connectivity index is 0.00000324. The van der Waals surface area contributed by atoms with Gasteiger partial charge < -0.3 is 19.5 Å². The predicted octanol–water partition coefficient (Wildman–Crippen LogP) is -3.32. The summed E-state index contributed by atoms with van der Waals surface area (Å²) in [6.07, 6.45) is -0.344. The van der Waals surface area contributed by atoms with Gasteiger partial charge in [-0.1, -0.05) is 0 Å². The number of carbonyl (C=O) groups excluding carboxylic acids is 2. The van der Waals surface area contributed by atoms with Gasteiger partial charge in [0, 0.05) is 32.2 Å². The smallest absolute Gasteiger partial charge is 0.548 e. The third-order valence-electron chi connectivity index (χ3n) is 2.85. The molecule has 1 saturated heterocycles. The largest absolute Gasteiger partial charge is 1.00 e. The molecule has 6 nitrogen and oxygen atoms in total. The average molecular weight is 264 g/mol. The summed E-state index contributed by atoms with van der Waals surface area (Å²) in [4.78, 5) is 25.9. The first kappa shape index (κ1) is 18.3. The maximum Gasteiger partial charge on any atom is 1.00 e. The molecule has 0 aromatic carbocycles. The molecule has 0 aliphatic carbocycles. The summed E-state index contributed by atoms with van der Waals surface area (Å²) >= 11 is 0. The molecule has 0 saturated carbocycles. The maximum absolute atomic E-state index is 11.8. The standard InChI is InChI=1S/C12H22N2O4.Li/c1-9(10(15)16)13-5-7-14(8-6-13)11(17)18-12(2,3)4;/h9H,5-8H2,1-4H3,(H,15,16);/q;+1/p-1. The van der Waals surface area contributed by atoms with E-state index in [0.717, 1.165) is 0 Å². The van der Waals surface area contributed by atoms with E-state index in [0.29, 0.717) is 26.2 Å². The number of hydrogen-bond donors (Lipinski definition) is 0. The van der Waals surface area contributed by atoms with Gasteiger partial charge in [0.2, 0.25) is 0 Å².